The zero-order chi connectivity index (χ0) is 21.2. The van der Waals surface area contributed by atoms with Gasteiger partial charge in [-0.3, -0.25) is 4.79 Å². The van der Waals surface area contributed by atoms with Crippen LogP contribution in [-0.2, 0) is 43.5 Å². The van der Waals surface area contributed by atoms with Gasteiger partial charge in [0.1, 0.15) is 5.75 Å². The molecule has 1 rings (SSSR count). The van der Waals surface area contributed by atoms with Gasteiger partial charge in [0, 0.05) is 0 Å². The summed E-state index contributed by atoms with van der Waals surface area (Å²) in [6.45, 7) is 7.58. The highest BCUT2D eigenvalue weighted by atomic mass is 32.2. The summed E-state index contributed by atoms with van der Waals surface area (Å²) in [5, 5.41) is -2.25. The monoisotopic (exact) mass is 426 g/mol. The van der Waals surface area contributed by atoms with Gasteiger partial charge in [0.25, 0.3) is 5.78 Å². The molecule has 0 N–H and O–H groups in total. The summed E-state index contributed by atoms with van der Waals surface area (Å²) < 4.78 is 60.2. The summed E-state index contributed by atoms with van der Waals surface area (Å²) in [6, 6.07) is 0. The van der Waals surface area contributed by atoms with Crippen LogP contribution in [0.25, 0.3) is 0 Å². The van der Waals surface area contributed by atoms with Crippen LogP contribution in [0.4, 0.5) is 0 Å². The molecule has 2 unspecified atom stereocenters. The summed E-state index contributed by atoms with van der Waals surface area (Å²) in [5.74, 6) is -7.14. The smallest absolute Gasteiger partial charge is 0.377 e. The van der Waals surface area contributed by atoms with Gasteiger partial charge in [-0.25, -0.2) is 26.4 Å². The molecule has 27 heavy (non-hydrogen) atoms. The quantitative estimate of drug-likeness (QED) is 0.366. The van der Waals surface area contributed by atoms with Crippen LogP contribution >= 0.6 is 0 Å². The third-order valence-electron chi connectivity index (χ3n) is 3.70. The van der Waals surface area contributed by atoms with Crippen molar-refractivity contribution >= 4 is 37.4 Å². The van der Waals surface area contributed by atoms with Crippen molar-refractivity contribution < 1.29 is 40.7 Å². The van der Waals surface area contributed by atoms with Crippen molar-refractivity contribution in [3.05, 3.63) is 0 Å². The minimum absolute atomic E-state index is 0.215. The molecule has 0 aromatic rings. The van der Waals surface area contributed by atoms with Crippen molar-refractivity contribution in [2.75, 3.05) is 23.9 Å². The second-order valence-electron chi connectivity index (χ2n) is 7.42. The van der Waals surface area contributed by atoms with E-state index in [0.29, 0.717) is 0 Å². The SMILES string of the molecule is CCOC(=O)C1(CS(=O)(=O)CC(C)C)OC(=O)C(=O)C1S(=O)(=O)CC(C)C. The van der Waals surface area contributed by atoms with E-state index >= 15 is 0 Å². The number of sulfone groups is 2. The lowest BCUT2D eigenvalue weighted by Gasteiger charge is -2.29. The van der Waals surface area contributed by atoms with Crippen LogP contribution in [-0.4, -0.2) is 69.3 Å². The predicted octanol–water partition coefficient (Wildman–Crippen LogP) is -0.0756. The lowest BCUT2D eigenvalue weighted by atomic mass is 10.0. The Morgan fingerprint density at radius 2 is 1.59 bits per heavy atom. The summed E-state index contributed by atoms with van der Waals surface area (Å²) in [6.07, 6.45) is 0. The van der Waals surface area contributed by atoms with Crippen molar-refractivity contribution in [1.29, 1.82) is 0 Å². The molecule has 0 radical (unpaired) electrons. The summed E-state index contributed by atoms with van der Waals surface area (Å²) >= 11 is 0. The molecule has 2 atom stereocenters. The molecule has 0 aromatic carbocycles. The molecule has 0 aromatic heterocycles. The largest absolute Gasteiger partial charge is 0.463 e. The van der Waals surface area contributed by atoms with Gasteiger partial charge >= 0.3 is 11.9 Å². The molecule has 1 fully saturated rings. The van der Waals surface area contributed by atoms with Gasteiger partial charge < -0.3 is 9.47 Å². The number of carbonyl (C=O) groups is 3. The lowest BCUT2D eigenvalue weighted by molar-refractivity contribution is -0.171. The zero-order valence-electron chi connectivity index (χ0n) is 16.1. The Morgan fingerprint density at radius 3 is 2.04 bits per heavy atom. The zero-order valence-corrected chi connectivity index (χ0v) is 17.7. The minimum Gasteiger partial charge on any atom is -0.463 e. The number of cyclic esters (lactones) is 1. The Labute approximate surface area is 159 Å². The van der Waals surface area contributed by atoms with E-state index in [1.54, 1.807) is 27.7 Å². The van der Waals surface area contributed by atoms with Crippen LogP contribution in [0.3, 0.4) is 0 Å². The number of esters is 2. The summed E-state index contributed by atoms with van der Waals surface area (Å²) in [4.78, 5) is 36.8. The highest BCUT2D eigenvalue weighted by Crippen LogP contribution is 2.35. The third-order valence-corrected chi connectivity index (χ3v) is 8.19. The lowest BCUT2D eigenvalue weighted by Crippen LogP contribution is -2.58. The molecule has 1 aliphatic rings. The number of hydrogen-bond acceptors (Lipinski definition) is 9. The fourth-order valence-electron chi connectivity index (χ4n) is 3.06. The normalized spacial score (nSPS) is 23.7. The topological polar surface area (TPSA) is 138 Å². The first-order valence-electron chi connectivity index (χ1n) is 8.55. The number of hydrogen-bond donors (Lipinski definition) is 0. The molecule has 0 spiro atoms. The first-order valence-corrected chi connectivity index (χ1v) is 12.1. The van der Waals surface area contributed by atoms with E-state index in [2.05, 4.69) is 0 Å². The maximum atomic E-state index is 12.8. The first-order chi connectivity index (χ1) is 12.2. The molecule has 11 heteroatoms. The van der Waals surface area contributed by atoms with E-state index in [9.17, 15) is 31.2 Å². The number of rotatable bonds is 9. The minimum atomic E-state index is -4.37. The molecule has 0 amide bonds. The number of Topliss-reactive ketones (excluding diaryl/α,β-unsaturated/α-hetero) is 1. The molecule has 1 saturated heterocycles. The molecule has 0 bridgehead atoms. The maximum Gasteiger partial charge on any atom is 0.377 e. The average molecular weight is 427 g/mol. The molecule has 1 aliphatic heterocycles. The third kappa shape index (κ3) is 5.28. The van der Waals surface area contributed by atoms with Gasteiger partial charge in [-0.05, 0) is 18.8 Å². The summed E-state index contributed by atoms with van der Waals surface area (Å²) in [5.41, 5.74) is -2.73. The molecule has 9 nitrogen and oxygen atoms in total. The molecule has 0 saturated carbocycles. The van der Waals surface area contributed by atoms with E-state index in [0.717, 1.165) is 0 Å². The van der Waals surface area contributed by atoms with E-state index in [1.807, 2.05) is 0 Å². The number of carbonyl (C=O) groups excluding carboxylic acids is 3. The van der Waals surface area contributed by atoms with Gasteiger partial charge in [-0.1, -0.05) is 27.7 Å². The average Bonchev–Trinajstić information content (AvgIpc) is 2.68. The predicted molar refractivity (Wildman–Crippen MR) is 96.4 cm³/mol. The highest BCUT2D eigenvalue weighted by Gasteiger charge is 2.68. The molecule has 0 aliphatic carbocycles. The van der Waals surface area contributed by atoms with E-state index in [4.69, 9.17) is 9.47 Å². The van der Waals surface area contributed by atoms with Gasteiger partial charge in [0.15, 0.2) is 24.9 Å². The van der Waals surface area contributed by atoms with Crippen LogP contribution in [0.5, 0.6) is 0 Å². The van der Waals surface area contributed by atoms with Crippen molar-refractivity contribution in [1.82, 2.24) is 0 Å². The second-order valence-corrected chi connectivity index (χ2v) is 11.7. The Balaban J connectivity index is 3.60. The standard InChI is InChI=1S/C16H26O9S2/c1-6-24-15(19)16(9-26(20,21)7-10(2)3)13(12(17)14(18)25-16)27(22,23)8-11(4)5/h10-11,13H,6-9H2,1-5H3. The van der Waals surface area contributed by atoms with Gasteiger partial charge in [-0.15, -0.1) is 0 Å². The van der Waals surface area contributed by atoms with Crippen molar-refractivity contribution in [3.63, 3.8) is 0 Å². The van der Waals surface area contributed by atoms with Crippen LogP contribution in [0, 0.1) is 11.8 Å². The number of ether oxygens (including phenoxy) is 2. The van der Waals surface area contributed by atoms with Crippen molar-refractivity contribution in [3.8, 4) is 0 Å². The molecular formula is C16H26O9S2. The van der Waals surface area contributed by atoms with Crippen LogP contribution in [0.2, 0.25) is 0 Å². The van der Waals surface area contributed by atoms with Crippen molar-refractivity contribution in [2.45, 2.75) is 45.5 Å². The Bertz CT molecular complexity index is 809. The van der Waals surface area contributed by atoms with E-state index < -0.39 is 65.7 Å². The Hall–Kier alpha value is -1.49. The van der Waals surface area contributed by atoms with Crippen LogP contribution in [0.1, 0.15) is 34.6 Å². The Kier molecular flexibility index (Phi) is 7.20. The summed E-state index contributed by atoms with van der Waals surface area (Å²) in [7, 11) is -8.42. The van der Waals surface area contributed by atoms with Gasteiger partial charge in [-0.2, -0.15) is 0 Å². The Morgan fingerprint density at radius 1 is 1.07 bits per heavy atom. The highest BCUT2D eigenvalue weighted by molar-refractivity contribution is 7.93. The fourth-order valence-corrected chi connectivity index (χ4v) is 7.65. The number of ketones is 1. The first kappa shape index (κ1) is 23.5. The van der Waals surface area contributed by atoms with Gasteiger partial charge in [0.2, 0.25) is 5.60 Å². The van der Waals surface area contributed by atoms with Crippen molar-refractivity contribution in [2.24, 2.45) is 11.8 Å². The molecule has 156 valence electrons. The van der Waals surface area contributed by atoms with E-state index in [1.165, 1.54) is 6.92 Å². The van der Waals surface area contributed by atoms with Crippen LogP contribution in [0.15, 0.2) is 0 Å². The maximum absolute atomic E-state index is 12.8. The van der Waals surface area contributed by atoms with Gasteiger partial charge in [0.05, 0.1) is 18.1 Å². The fraction of sp³-hybridized carbons (Fsp3) is 0.812. The molecule has 1 heterocycles. The van der Waals surface area contributed by atoms with E-state index in [-0.39, 0.29) is 18.3 Å². The van der Waals surface area contributed by atoms with Crippen LogP contribution < -0.4 is 0 Å². The second kappa shape index (κ2) is 8.26. The molecular weight excluding hydrogens is 400 g/mol.